The standard InChI is InChI=1S/C15H19N3OS/c1-12(13-4-10-20-11-13)17-6-8-18(9-7-17)15(19)14-3-2-5-16-14/h2-5,10-12,16H,6-9H2,1H3/t12-/m0/s1. The van der Waals surface area contributed by atoms with Crippen LogP contribution in [0.3, 0.4) is 0 Å². The van der Waals surface area contributed by atoms with E-state index in [1.165, 1.54) is 5.56 Å². The Bertz CT molecular complexity index is 542. The minimum atomic E-state index is 0.109. The van der Waals surface area contributed by atoms with Gasteiger partial charge in [-0.2, -0.15) is 11.3 Å². The van der Waals surface area contributed by atoms with Crippen LogP contribution in [0, 0.1) is 0 Å². The molecule has 1 saturated heterocycles. The van der Waals surface area contributed by atoms with Crippen molar-refractivity contribution in [3.05, 3.63) is 46.4 Å². The van der Waals surface area contributed by atoms with E-state index in [0.29, 0.717) is 11.7 Å². The Morgan fingerprint density at radius 1 is 1.30 bits per heavy atom. The zero-order valence-electron chi connectivity index (χ0n) is 11.6. The van der Waals surface area contributed by atoms with Gasteiger partial charge < -0.3 is 9.88 Å². The van der Waals surface area contributed by atoms with Gasteiger partial charge in [-0.05, 0) is 41.4 Å². The van der Waals surface area contributed by atoms with Crippen molar-refractivity contribution in [1.82, 2.24) is 14.8 Å². The van der Waals surface area contributed by atoms with Crippen LogP contribution in [0.2, 0.25) is 0 Å². The van der Waals surface area contributed by atoms with Gasteiger partial charge in [-0.25, -0.2) is 0 Å². The molecule has 0 aliphatic carbocycles. The van der Waals surface area contributed by atoms with Crippen LogP contribution in [-0.4, -0.2) is 46.9 Å². The number of H-pyrrole nitrogens is 1. The molecule has 1 atom stereocenters. The first-order chi connectivity index (χ1) is 9.75. The lowest BCUT2D eigenvalue weighted by Crippen LogP contribution is -2.49. The molecule has 0 unspecified atom stereocenters. The molecule has 3 heterocycles. The molecule has 1 fully saturated rings. The van der Waals surface area contributed by atoms with E-state index in [1.54, 1.807) is 17.5 Å². The number of amides is 1. The monoisotopic (exact) mass is 289 g/mol. The van der Waals surface area contributed by atoms with Crippen molar-refractivity contribution in [3.63, 3.8) is 0 Å². The fourth-order valence-electron chi connectivity index (χ4n) is 2.67. The van der Waals surface area contributed by atoms with Gasteiger partial charge in [0.2, 0.25) is 0 Å². The Hall–Kier alpha value is -1.59. The molecule has 5 heteroatoms. The van der Waals surface area contributed by atoms with E-state index in [-0.39, 0.29) is 5.91 Å². The third-order valence-corrected chi connectivity index (χ3v) is 4.70. The van der Waals surface area contributed by atoms with Gasteiger partial charge in [0.1, 0.15) is 5.69 Å². The average molecular weight is 289 g/mol. The van der Waals surface area contributed by atoms with Crippen LogP contribution in [-0.2, 0) is 0 Å². The van der Waals surface area contributed by atoms with Crippen molar-refractivity contribution in [2.75, 3.05) is 26.2 Å². The van der Waals surface area contributed by atoms with Crippen molar-refractivity contribution >= 4 is 17.2 Å². The first-order valence-corrected chi connectivity index (χ1v) is 7.89. The molecular weight excluding hydrogens is 270 g/mol. The third kappa shape index (κ3) is 2.64. The van der Waals surface area contributed by atoms with E-state index in [0.717, 1.165) is 26.2 Å². The molecule has 1 amide bonds. The van der Waals surface area contributed by atoms with E-state index >= 15 is 0 Å². The van der Waals surface area contributed by atoms with Gasteiger partial charge in [0, 0.05) is 38.4 Å². The van der Waals surface area contributed by atoms with Crippen molar-refractivity contribution in [2.24, 2.45) is 0 Å². The molecule has 4 nitrogen and oxygen atoms in total. The molecule has 0 bridgehead atoms. The van der Waals surface area contributed by atoms with E-state index in [1.807, 2.05) is 17.0 Å². The molecule has 1 aliphatic rings. The lowest BCUT2D eigenvalue weighted by Gasteiger charge is -2.37. The van der Waals surface area contributed by atoms with Crippen molar-refractivity contribution < 1.29 is 4.79 Å². The highest BCUT2D eigenvalue weighted by molar-refractivity contribution is 7.07. The fourth-order valence-corrected chi connectivity index (χ4v) is 3.42. The first-order valence-electron chi connectivity index (χ1n) is 6.94. The van der Waals surface area contributed by atoms with Crippen LogP contribution < -0.4 is 0 Å². The summed E-state index contributed by atoms with van der Waals surface area (Å²) in [5.74, 6) is 0.109. The van der Waals surface area contributed by atoms with Gasteiger partial charge in [-0.15, -0.1) is 0 Å². The van der Waals surface area contributed by atoms with Crippen LogP contribution in [0.15, 0.2) is 35.2 Å². The topological polar surface area (TPSA) is 39.3 Å². The number of hydrogen-bond donors (Lipinski definition) is 1. The van der Waals surface area contributed by atoms with Gasteiger partial charge in [-0.3, -0.25) is 9.69 Å². The third-order valence-electron chi connectivity index (χ3n) is 4.00. The highest BCUT2D eigenvalue weighted by Gasteiger charge is 2.25. The Morgan fingerprint density at radius 3 is 2.70 bits per heavy atom. The second-order valence-corrected chi connectivity index (χ2v) is 5.92. The summed E-state index contributed by atoms with van der Waals surface area (Å²) in [4.78, 5) is 19.6. The minimum Gasteiger partial charge on any atom is -0.357 e. The minimum absolute atomic E-state index is 0.109. The summed E-state index contributed by atoms with van der Waals surface area (Å²) in [5, 5.41) is 4.33. The second kappa shape index (κ2) is 5.81. The van der Waals surface area contributed by atoms with E-state index in [2.05, 4.69) is 33.6 Å². The summed E-state index contributed by atoms with van der Waals surface area (Å²) < 4.78 is 0. The summed E-state index contributed by atoms with van der Waals surface area (Å²) in [5.41, 5.74) is 2.06. The number of carbonyl (C=O) groups is 1. The second-order valence-electron chi connectivity index (χ2n) is 5.14. The molecule has 0 aromatic carbocycles. The van der Waals surface area contributed by atoms with Crippen LogP contribution in [0.5, 0.6) is 0 Å². The molecule has 1 aliphatic heterocycles. The lowest BCUT2D eigenvalue weighted by atomic mass is 10.1. The molecule has 20 heavy (non-hydrogen) atoms. The largest absolute Gasteiger partial charge is 0.357 e. The Kier molecular flexibility index (Phi) is 3.89. The number of nitrogens with zero attached hydrogens (tertiary/aromatic N) is 2. The zero-order valence-corrected chi connectivity index (χ0v) is 12.4. The number of thiophene rings is 1. The van der Waals surface area contributed by atoms with Crippen LogP contribution in [0.1, 0.15) is 29.0 Å². The maximum Gasteiger partial charge on any atom is 0.270 e. The van der Waals surface area contributed by atoms with Crippen LogP contribution >= 0.6 is 11.3 Å². The summed E-state index contributed by atoms with van der Waals surface area (Å²) in [6.07, 6.45) is 1.79. The van der Waals surface area contributed by atoms with Crippen LogP contribution in [0.25, 0.3) is 0 Å². The number of aromatic amines is 1. The number of rotatable bonds is 3. The van der Waals surface area contributed by atoms with E-state index in [4.69, 9.17) is 0 Å². The predicted octanol–water partition coefficient (Wildman–Crippen LogP) is 2.60. The van der Waals surface area contributed by atoms with Crippen molar-refractivity contribution in [3.8, 4) is 0 Å². The molecule has 0 spiro atoms. The van der Waals surface area contributed by atoms with E-state index < -0.39 is 0 Å². The maximum absolute atomic E-state index is 12.2. The molecule has 106 valence electrons. The normalized spacial score (nSPS) is 18.1. The highest BCUT2D eigenvalue weighted by atomic mass is 32.1. The SMILES string of the molecule is C[C@@H](c1ccsc1)N1CCN(C(=O)c2ccc[nH]2)CC1. The quantitative estimate of drug-likeness (QED) is 0.943. The fraction of sp³-hybridized carbons (Fsp3) is 0.400. The Labute approximate surface area is 123 Å². The van der Waals surface area contributed by atoms with Crippen molar-refractivity contribution in [1.29, 1.82) is 0 Å². The van der Waals surface area contributed by atoms with Crippen molar-refractivity contribution in [2.45, 2.75) is 13.0 Å². The molecule has 3 rings (SSSR count). The number of nitrogens with one attached hydrogen (secondary N) is 1. The number of carbonyl (C=O) groups excluding carboxylic acids is 1. The van der Waals surface area contributed by atoms with Gasteiger partial charge >= 0.3 is 0 Å². The molecule has 0 saturated carbocycles. The zero-order chi connectivity index (χ0) is 13.9. The number of piperazine rings is 1. The van der Waals surface area contributed by atoms with Gasteiger partial charge in [0.25, 0.3) is 5.91 Å². The molecule has 0 radical (unpaired) electrons. The van der Waals surface area contributed by atoms with Crippen LogP contribution in [0.4, 0.5) is 0 Å². The Morgan fingerprint density at radius 2 is 2.10 bits per heavy atom. The first kappa shape index (κ1) is 13.4. The van der Waals surface area contributed by atoms with E-state index in [9.17, 15) is 4.79 Å². The summed E-state index contributed by atoms with van der Waals surface area (Å²) in [6.45, 7) is 5.70. The molecule has 2 aromatic heterocycles. The summed E-state index contributed by atoms with van der Waals surface area (Å²) in [6, 6.07) is 6.32. The summed E-state index contributed by atoms with van der Waals surface area (Å²) in [7, 11) is 0. The molecule has 2 aromatic rings. The smallest absolute Gasteiger partial charge is 0.270 e. The number of aromatic nitrogens is 1. The maximum atomic E-state index is 12.2. The van der Waals surface area contributed by atoms with Gasteiger partial charge in [-0.1, -0.05) is 0 Å². The lowest BCUT2D eigenvalue weighted by molar-refractivity contribution is 0.0577. The van der Waals surface area contributed by atoms with Gasteiger partial charge in [0.15, 0.2) is 0 Å². The number of hydrogen-bond acceptors (Lipinski definition) is 3. The Balaban J connectivity index is 1.58. The highest BCUT2D eigenvalue weighted by Crippen LogP contribution is 2.23. The predicted molar refractivity (Wildman–Crippen MR) is 81.0 cm³/mol. The molecule has 1 N–H and O–H groups in total. The van der Waals surface area contributed by atoms with Gasteiger partial charge in [0.05, 0.1) is 0 Å². The average Bonchev–Trinajstić information content (AvgIpc) is 3.18. The molecular formula is C15H19N3OS. The summed E-state index contributed by atoms with van der Waals surface area (Å²) >= 11 is 1.74.